The molecule has 0 saturated carbocycles. The van der Waals surface area contributed by atoms with Gasteiger partial charge in [-0.3, -0.25) is 10.1 Å². The SMILES string of the molecule is COc1ccccc1C(=O)Nc1nnc(-c2ccc(S(C)(=O)=O)cc2)o1. The largest absolute Gasteiger partial charge is 0.496 e. The fourth-order valence-corrected chi connectivity index (χ4v) is 2.86. The van der Waals surface area contributed by atoms with Gasteiger partial charge in [-0.25, -0.2) is 8.42 Å². The van der Waals surface area contributed by atoms with Gasteiger partial charge < -0.3 is 9.15 Å². The van der Waals surface area contributed by atoms with Crippen LogP contribution >= 0.6 is 0 Å². The smallest absolute Gasteiger partial charge is 0.322 e. The Labute approximate surface area is 149 Å². The van der Waals surface area contributed by atoms with Gasteiger partial charge in [0, 0.05) is 11.8 Å². The molecule has 0 atom stereocenters. The van der Waals surface area contributed by atoms with E-state index in [-0.39, 0.29) is 16.8 Å². The molecule has 3 aromatic rings. The third-order valence-electron chi connectivity index (χ3n) is 3.53. The summed E-state index contributed by atoms with van der Waals surface area (Å²) in [6.07, 6.45) is 1.13. The van der Waals surface area contributed by atoms with E-state index < -0.39 is 15.7 Å². The predicted molar refractivity (Wildman–Crippen MR) is 93.8 cm³/mol. The molecule has 0 aliphatic carbocycles. The highest BCUT2D eigenvalue weighted by molar-refractivity contribution is 7.90. The Bertz CT molecular complexity index is 1040. The van der Waals surface area contributed by atoms with Crippen LogP contribution in [0.2, 0.25) is 0 Å². The van der Waals surface area contributed by atoms with E-state index in [1.807, 2.05) is 0 Å². The van der Waals surface area contributed by atoms with Crippen LogP contribution in [0.25, 0.3) is 11.5 Å². The first-order chi connectivity index (χ1) is 12.4. The standard InChI is InChI=1S/C17H15N3O5S/c1-24-14-6-4-3-5-13(14)15(21)18-17-20-19-16(25-17)11-7-9-12(10-8-11)26(2,22)23/h3-10H,1-2H3,(H,18,20,21). The van der Waals surface area contributed by atoms with Crippen LogP contribution in [0.3, 0.4) is 0 Å². The topological polar surface area (TPSA) is 111 Å². The Hall–Kier alpha value is -3.20. The first-order valence-electron chi connectivity index (χ1n) is 7.47. The number of sulfone groups is 1. The van der Waals surface area contributed by atoms with Crippen LogP contribution < -0.4 is 10.1 Å². The summed E-state index contributed by atoms with van der Waals surface area (Å²) in [4.78, 5) is 12.5. The quantitative estimate of drug-likeness (QED) is 0.731. The lowest BCUT2D eigenvalue weighted by Gasteiger charge is -2.06. The molecule has 9 heteroatoms. The van der Waals surface area contributed by atoms with Gasteiger partial charge in [0.15, 0.2) is 9.84 Å². The highest BCUT2D eigenvalue weighted by Gasteiger charge is 2.16. The molecule has 1 amide bonds. The number of benzene rings is 2. The zero-order chi connectivity index (χ0) is 18.7. The minimum absolute atomic E-state index is 0.0805. The Morgan fingerprint density at radius 2 is 1.77 bits per heavy atom. The molecule has 2 aromatic carbocycles. The monoisotopic (exact) mass is 373 g/mol. The normalized spacial score (nSPS) is 11.2. The molecular formula is C17H15N3O5S. The molecular weight excluding hydrogens is 358 g/mol. The van der Waals surface area contributed by atoms with Crippen LogP contribution in [0.5, 0.6) is 5.75 Å². The lowest BCUT2D eigenvalue weighted by molar-refractivity contribution is 0.102. The van der Waals surface area contributed by atoms with Crippen molar-refractivity contribution >= 4 is 21.8 Å². The second kappa shape index (κ2) is 6.96. The average Bonchev–Trinajstić information content (AvgIpc) is 3.09. The molecule has 1 heterocycles. The first-order valence-corrected chi connectivity index (χ1v) is 9.36. The summed E-state index contributed by atoms with van der Waals surface area (Å²) in [5.41, 5.74) is 0.856. The highest BCUT2D eigenvalue weighted by Crippen LogP contribution is 2.23. The number of ether oxygens (including phenoxy) is 1. The lowest BCUT2D eigenvalue weighted by atomic mass is 10.2. The molecule has 0 unspecified atom stereocenters. The van der Waals surface area contributed by atoms with Crippen molar-refractivity contribution in [1.29, 1.82) is 0 Å². The molecule has 26 heavy (non-hydrogen) atoms. The summed E-state index contributed by atoms with van der Waals surface area (Å²) in [7, 11) is -1.82. The van der Waals surface area contributed by atoms with E-state index in [9.17, 15) is 13.2 Å². The van der Waals surface area contributed by atoms with Gasteiger partial charge in [0.2, 0.25) is 5.89 Å². The van der Waals surface area contributed by atoms with Crippen LogP contribution in [-0.4, -0.2) is 37.9 Å². The van der Waals surface area contributed by atoms with Crippen LogP contribution in [0, 0.1) is 0 Å². The summed E-state index contributed by atoms with van der Waals surface area (Å²) in [6, 6.07) is 12.6. The van der Waals surface area contributed by atoms with Gasteiger partial charge in [-0.05, 0) is 36.4 Å². The molecule has 3 rings (SSSR count). The number of para-hydroxylation sites is 1. The van der Waals surface area contributed by atoms with E-state index in [0.717, 1.165) is 6.26 Å². The Balaban J connectivity index is 1.79. The number of hydrogen-bond donors (Lipinski definition) is 1. The minimum Gasteiger partial charge on any atom is -0.496 e. The van der Waals surface area contributed by atoms with E-state index in [0.29, 0.717) is 16.9 Å². The number of methoxy groups -OCH3 is 1. The van der Waals surface area contributed by atoms with Gasteiger partial charge in [-0.1, -0.05) is 17.2 Å². The van der Waals surface area contributed by atoms with Gasteiger partial charge in [0.1, 0.15) is 5.75 Å². The molecule has 0 radical (unpaired) electrons. The van der Waals surface area contributed by atoms with Crippen molar-refractivity contribution < 1.29 is 22.4 Å². The number of carbonyl (C=O) groups is 1. The summed E-state index contributed by atoms with van der Waals surface area (Å²) in [5, 5.41) is 10.1. The minimum atomic E-state index is -3.29. The van der Waals surface area contributed by atoms with E-state index in [1.54, 1.807) is 36.4 Å². The Kier molecular flexibility index (Phi) is 4.72. The first kappa shape index (κ1) is 17.6. The third-order valence-corrected chi connectivity index (χ3v) is 4.65. The molecule has 1 N–H and O–H groups in total. The number of carbonyl (C=O) groups excluding carboxylic acids is 1. The Morgan fingerprint density at radius 3 is 2.42 bits per heavy atom. The van der Waals surface area contributed by atoms with Gasteiger partial charge in [-0.2, -0.15) is 0 Å². The molecule has 0 bridgehead atoms. The van der Waals surface area contributed by atoms with Crippen LogP contribution in [0.1, 0.15) is 10.4 Å². The maximum Gasteiger partial charge on any atom is 0.322 e. The molecule has 0 spiro atoms. The van der Waals surface area contributed by atoms with Crippen molar-refractivity contribution in [3.05, 3.63) is 54.1 Å². The number of anilines is 1. The maximum absolute atomic E-state index is 12.3. The highest BCUT2D eigenvalue weighted by atomic mass is 32.2. The van der Waals surface area contributed by atoms with E-state index in [2.05, 4.69) is 15.5 Å². The second-order valence-electron chi connectivity index (χ2n) is 5.36. The molecule has 134 valence electrons. The van der Waals surface area contributed by atoms with E-state index in [4.69, 9.17) is 9.15 Å². The predicted octanol–water partition coefficient (Wildman–Crippen LogP) is 2.40. The average molecular weight is 373 g/mol. The van der Waals surface area contributed by atoms with E-state index in [1.165, 1.54) is 19.2 Å². The molecule has 0 fully saturated rings. The lowest BCUT2D eigenvalue weighted by Crippen LogP contribution is -2.13. The van der Waals surface area contributed by atoms with Crippen molar-refractivity contribution in [2.45, 2.75) is 4.90 Å². The van der Waals surface area contributed by atoms with E-state index >= 15 is 0 Å². The van der Waals surface area contributed by atoms with Crippen molar-refractivity contribution in [1.82, 2.24) is 10.2 Å². The maximum atomic E-state index is 12.3. The van der Waals surface area contributed by atoms with Crippen molar-refractivity contribution in [2.75, 3.05) is 18.7 Å². The zero-order valence-electron chi connectivity index (χ0n) is 14.0. The second-order valence-corrected chi connectivity index (χ2v) is 7.38. The van der Waals surface area contributed by atoms with Gasteiger partial charge in [-0.15, -0.1) is 5.10 Å². The van der Waals surface area contributed by atoms with Crippen LogP contribution in [-0.2, 0) is 9.84 Å². The van der Waals surface area contributed by atoms with Crippen molar-refractivity contribution in [3.63, 3.8) is 0 Å². The summed E-state index contributed by atoms with van der Waals surface area (Å²) < 4.78 is 33.5. The summed E-state index contributed by atoms with van der Waals surface area (Å²) in [6.45, 7) is 0. The third kappa shape index (κ3) is 3.72. The number of aromatic nitrogens is 2. The fourth-order valence-electron chi connectivity index (χ4n) is 2.23. The zero-order valence-corrected chi connectivity index (χ0v) is 14.8. The molecule has 0 aliphatic heterocycles. The van der Waals surface area contributed by atoms with Gasteiger partial charge in [0.25, 0.3) is 5.91 Å². The Morgan fingerprint density at radius 1 is 1.08 bits per heavy atom. The molecule has 8 nitrogen and oxygen atoms in total. The number of amides is 1. The van der Waals surface area contributed by atoms with Crippen molar-refractivity contribution in [3.8, 4) is 17.2 Å². The van der Waals surface area contributed by atoms with Crippen LogP contribution in [0.4, 0.5) is 6.01 Å². The van der Waals surface area contributed by atoms with Gasteiger partial charge in [0.05, 0.1) is 17.6 Å². The summed E-state index contributed by atoms with van der Waals surface area (Å²) >= 11 is 0. The van der Waals surface area contributed by atoms with Crippen LogP contribution in [0.15, 0.2) is 57.8 Å². The number of hydrogen-bond acceptors (Lipinski definition) is 7. The van der Waals surface area contributed by atoms with Crippen molar-refractivity contribution in [2.24, 2.45) is 0 Å². The number of nitrogens with zero attached hydrogens (tertiary/aromatic N) is 2. The molecule has 0 saturated heterocycles. The number of rotatable bonds is 5. The molecule has 0 aliphatic rings. The molecule has 1 aromatic heterocycles. The summed E-state index contributed by atoms with van der Waals surface area (Å²) in [5.74, 6) is 0.117. The number of nitrogens with one attached hydrogen (secondary N) is 1. The van der Waals surface area contributed by atoms with Gasteiger partial charge >= 0.3 is 6.01 Å². The fraction of sp³-hybridized carbons (Fsp3) is 0.118.